The van der Waals surface area contributed by atoms with Crippen LogP contribution in [0.3, 0.4) is 0 Å². The molecule has 12 heteroatoms. The third-order valence-electron chi connectivity index (χ3n) is 10.3. The Labute approximate surface area is 348 Å². The van der Waals surface area contributed by atoms with Crippen molar-refractivity contribution in [3.8, 4) is 0 Å². The van der Waals surface area contributed by atoms with Crippen molar-refractivity contribution in [2.75, 3.05) is 19.8 Å². The topological polar surface area (TPSA) is 172 Å². The summed E-state index contributed by atoms with van der Waals surface area (Å²) in [5.74, 6) is -2.36. The number of nitrogens with two attached hydrogens (primary N) is 1. The zero-order valence-electron chi connectivity index (χ0n) is 36.5. The van der Waals surface area contributed by atoms with Crippen molar-refractivity contribution in [2.45, 2.75) is 238 Å². The fourth-order valence-corrected chi connectivity index (χ4v) is 7.36. The number of carbonyl (C=O) groups excluding carboxylic acids is 2. The maximum Gasteiger partial charge on any atom is 0.472 e. The lowest BCUT2D eigenvalue weighted by Gasteiger charge is -2.20. The number of esters is 2. The van der Waals surface area contributed by atoms with Crippen LogP contribution < -0.4 is 5.73 Å². The molecule has 0 aliphatic rings. The highest BCUT2D eigenvalue weighted by atomic mass is 31.2. The Morgan fingerprint density at radius 2 is 0.895 bits per heavy atom. The van der Waals surface area contributed by atoms with Gasteiger partial charge in [0.25, 0.3) is 0 Å². The van der Waals surface area contributed by atoms with Gasteiger partial charge in [-0.3, -0.25) is 23.4 Å². The number of carbonyl (C=O) groups is 3. The van der Waals surface area contributed by atoms with Crippen LogP contribution in [0.1, 0.15) is 226 Å². The maximum absolute atomic E-state index is 12.6. The summed E-state index contributed by atoms with van der Waals surface area (Å²) < 4.78 is 32.8. The molecule has 0 aromatic heterocycles. The highest BCUT2D eigenvalue weighted by Crippen LogP contribution is 2.43. The first-order chi connectivity index (χ1) is 27.6. The number of aliphatic carboxylic acids is 1. The predicted octanol–water partition coefficient (Wildman–Crippen LogP) is 12.5. The molecule has 0 fully saturated rings. The Kier molecular flexibility index (Phi) is 39.7. The molecule has 0 rings (SSSR count). The summed E-state index contributed by atoms with van der Waals surface area (Å²) in [4.78, 5) is 46.0. The molecule has 0 saturated carbocycles. The van der Waals surface area contributed by atoms with Crippen LogP contribution in [0.2, 0.25) is 0 Å². The summed E-state index contributed by atoms with van der Waals surface area (Å²) in [5, 5.41) is 8.90. The number of unbranched alkanes of at least 4 members (excludes halogenated alkanes) is 28. The van der Waals surface area contributed by atoms with Gasteiger partial charge in [0.15, 0.2) is 6.10 Å². The lowest BCUT2D eigenvalue weighted by atomic mass is 10.0. The van der Waals surface area contributed by atoms with Gasteiger partial charge in [0.2, 0.25) is 0 Å². The minimum absolute atomic E-state index is 0.167. The molecule has 4 N–H and O–H groups in total. The van der Waals surface area contributed by atoms with Crippen molar-refractivity contribution >= 4 is 25.7 Å². The Bertz CT molecular complexity index is 1030. The normalized spacial score (nSPS) is 13.8. The molecule has 57 heavy (non-hydrogen) atoms. The lowest BCUT2D eigenvalue weighted by Crippen LogP contribution is -2.34. The van der Waals surface area contributed by atoms with Crippen LogP contribution in [0.25, 0.3) is 0 Å². The van der Waals surface area contributed by atoms with E-state index in [1.807, 2.05) is 0 Å². The molecule has 0 aromatic carbocycles. The van der Waals surface area contributed by atoms with Crippen LogP contribution in [-0.4, -0.2) is 59.9 Å². The third kappa shape index (κ3) is 40.8. The molecule has 0 aliphatic carbocycles. The molecule has 0 spiro atoms. The Morgan fingerprint density at radius 1 is 0.526 bits per heavy atom. The lowest BCUT2D eigenvalue weighted by molar-refractivity contribution is -0.161. The number of ether oxygens (including phenoxy) is 2. The van der Waals surface area contributed by atoms with Gasteiger partial charge in [0.1, 0.15) is 12.6 Å². The van der Waals surface area contributed by atoms with Crippen molar-refractivity contribution in [3.05, 3.63) is 12.2 Å². The van der Waals surface area contributed by atoms with Crippen molar-refractivity contribution in [2.24, 2.45) is 5.73 Å². The first kappa shape index (κ1) is 55.2. The molecule has 0 heterocycles. The molecule has 3 atom stereocenters. The smallest absolute Gasteiger partial charge is 0.472 e. The van der Waals surface area contributed by atoms with Gasteiger partial charge >= 0.3 is 25.7 Å². The number of rotatable bonds is 44. The number of allylic oxidation sites excluding steroid dienone is 2. The van der Waals surface area contributed by atoms with E-state index in [0.717, 1.165) is 38.5 Å². The molecule has 0 aromatic rings. The van der Waals surface area contributed by atoms with Crippen molar-refractivity contribution in [1.29, 1.82) is 0 Å². The van der Waals surface area contributed by atoms with Gasteiger partial charge in [-0.1, -0.05) is 193 Å². The molecule has 0 saturated heterocycles. The van der Waals surface area contributed by atoms with E-state index in [1.54, 1.807) is 0 Å². The monoisotopic (exact) mass is 832 g/mol. The number of hydrogen-bond acceptors (Lipinski definition) is 9. The number of carboxylic acids is 1. The van der Waals surface area contributed by atoms with Crippen molar-refractivity contribution in [3.63, 3.8) is 0 Å². The van der Waals surface area contributed by atoms with E-state index in [9.17, 15) is 23.8 Å². The largest absolute Gasteiger partial charge is 0.480 e. The van der Waals surface area contributed by atoms with Crippen LogP contribution >= 0.6 is 7.82 Å². The van der Waals surface area contributed by atoms with E-state index in [-0.39, 0.29) is 19.4 Å². The van der Waals surface area contributed by atoms with Crippen LogP contribution in [-0.2, 0) is 37.5 Å². The zero-order chi connectivity index (χ0) is 42.1. The molecule has 0 bridgehead atoms. The molecule has 0 amide bonds. The second kappa shape index (κ2) is 41.0. The quantitative estimate of drug-likeness (QED) is 0.0231. The number of phosphoric acid groups is 1. The summed E-state index contributed by atoms with van der Waals surface area (Å²) >= 11 is 0. The van der Waals surface area contributed by atoms with E-state index in [1.165, 1.54) is 148 Å². The van der Waals surface area contributed by atoms with Gasteiger partial charge < -0.3 is 25.2 Å². The zero-order valence-corrected chi connectivity index (χ0v) is 37.3. The van der Waals surface area contributed by atoms with E-state index >= 15 is 0 Å². The Hall–Kier alpha value is -1.78. The molecule has 11 nitrogen and oxygen atoms in total. The predicted molar refractivity (Wildman–Crippen MR) is 231 cm³/mol. The first-order valence-corrected chi connectivity index (χ1v) is 24.7. The highest BCUT2D eigenvalue weighted by Gasteiger charge is 2.28. The van der Waals surface area contributed by atoms with E-state index < -0.39 is 51.1 Å². The fourth-order valence-electron chi connectivity index (χ4n) is 6.58. The summed E-state index contributed by atoms with van der Waals surface area (Å²) in [6.45, 7) is 2.81. The molecule has 0 aliphatic heterocycles. The Morgan fingerprint density at radius 3 is 1.33 bits per heavy atom. The molecule has 0 radical (unpaired) electrons. The van der Waals surface area contributed by atoms with Crippen LogP contribution in [0.5, 0.6) is 0 Å². The van der Waals surface area contributed by atoms with E-state index in [2.05, 4.69) is 30.5 Å². The Balaban J connectivity index is 4.28. The molecular weight excluding hydrogens is 745 g/mol. The first-order valence-electron chi connectivity index (χ1n) is 23.2. The third-order valence-corrected chi connectivity index (χ3v) is 11.2. The summed E-state index contributed by atoms with van der Waals surface area (Å²) in [5.41, 5.74) is 5.34. The average molecular weight is 832 g/mol. The number of hydrogen-bond donors (Lipinski definition) is 3. The summed E-state index contributed by atoms with van der Waals surface area (Å²) in [7, 11) is -4.71. The number of phosphoric ester groups is 1. The maximum atomic E-state index is 12.6. The van der Waals surface area contributed by atoms with Gasteiger partial charge in [0.05, 0.1) is 13.2 Å². The molecule has 336 valence electrons. The standard InChI is InChI=1S/C45H86NO10P/c1-3-5-7-9-11-13-15-17-19-20-21-23-25-27-29-31-33-35-37-44(48)56-41(39-54-57(51,52)55-40-42(46)45(49)50)38-53-43(47)36-34-32-30-28-26-24-22-18-16-14-12-10-8-6-4-2/h10,12,41-42H,3-9,11,13-40,46H2,1-2H3,(H,49,50)(H,51,52)/b12-10+/t41-,42+/m1/s1. The molecular formula is C45H86NO10P. The minimum atomic E-state index is -4.71. The van der Waals surface area contributed by atoms with E-state index in [4.69, 9.17) is 24.8 Å². The van der Waals surface area contributed by atoms with Crippen LogP contribution in [0, 0.1) is 0 Å². The van der Waals surface area contributed by atoms with Crippen molar-refractivity contribution < 1.29 is 47.5 Å². The van der Waals surface area contributed by atoms with Gasteiger partial charge in [-0.2, -0.15) is 0 Å². The van der Waals surface area contributed by atoms with Gasteiger partial charge in [0, 0.05) is 12.8 Å². The average Bonchev–Trinajstić information content (AvgIpc) is 3.19. The van der Waals surface area contributed by atoms with E-state index in [0.29, 0.717) is 12.8 Å². The SMILES string of the molecule is CCCC/C=C/CCCCCCCCCCCC(=O)OC[C@H](COP(=O)(O)OC[C@H](N)C(=O)O)OC(=O)CCCCCCCCCCCCCCCCCCCC. The summed E-state index contributed by atoms with van der Waals surface area (Å²) in [6.07, 6.45) is 41.3. The highest BCUT2D eigenvalue weighted by molar-refractivity contribution is 7.47. The molecule has 1 unspecified atom stereocenters. The van der Waals surface area contributed by atoms with Crippen LogP contribution in [0.15, 0.2) is 12.2 Å². The van der Waals surface area contributed by atoms with Crippen molar-refractivity contribution in [1.82, 2.24) is 0 Å². The number of carboxylic acid groups (broad SMARTS) is 1. The van der Waals surface area contributed by atoms with Gasteiger partial charge in [-0.05, 0) is 32.1 Å². The summed E-state index contributed by atoms with van der Waals surface area (Å²) in [6, 6.07) is -1.52. The second-order valence-electron chi connectivity index (χ2n) is 15.9. The fraction of sp³-hybridized carbons (Fsp3) is 0.889. The van der Waals surface area contributed by atoms with Gasteiger partial charge in [-0.25, -0.2) is 4.57 Å². The van der Waals surface area contributed by atoms with Gasteiger partial charge in [-0.15, -0.1) is 0 Å². The van der Waals surface area contributed by atoms with Crippen LogP contribution in [0.4, 0.5) is 0 Å². The minimum Gasteiger partial charge on any atom is -0.480 e. The second-order valence-corrected chi connectivity index (χ2v) is 17.3.